The maximum absolute atomic E-state index is 14.0. The fourth-order valence-electron chi connectivity index (χ4n) is 12.8. The van der Waals surface area contributed by atoms with Crippen molar-refractivity contribution in [3.05, 3.63) is 27.7 Å². The quantitative estimate of drug-likeness (QED) is 0.209. The van der Waals surface area contributed by atoms with Crippen LogP contribution in [0.1, 0.15) is 132 Å². The van der Waals surface area contributed by atoms with Crippen molar-refractivity contribution >= 4 is 29.1 Å². The minimum absolute atomic E-state index is 0.00258. The standard InChI is InChI=1S/C41H62N2O6S/c1-24(2)33-26(44)20-41(29(45)22-42-23-31-43-18-19-50-31)17-16-39(8)25(34(33)41)10-11-28-38(7)14-13-30(49-32(46)21-36(3,4)35(47)48)37(5,6)27(38)12-15-40(28,39)9/h18-19,24-25,27-30,42,45H,10-17,20-23H2,1-9H3,(H,47,48)/t25-,27+,28-,29+,30+,38+,39-,40-,41+/m1/s1. The second-order valence-corrected chi connectivity index (χ2v) is 20.1. The van der Waals surface area contributed by atoms with Gasteiger partial charge in [-0.3, -0.25) is 14.4 Å². The fraction of sp³-hybridized carbons (Fsp3) is 0.805. The number of carbonyl (C=O) groups is 3. The molecule has 0 unspecified atom stereocenters. The van der Waals surface area contributed by atoms with E-state index in [9.17, 15) is 24.6 Å². The summed E-state index contributed by atoms with van der Waals surface area (Å²) < 4.78 is 6.16. The Morgan fingerprint density at radius 1 is 1.02 bits per heavy atom. The van der Waals surface area contributed by atoms with Crippen LogP contribution in [0, 0.1) is 56.2 Å². The Morgan fingerprint density at radius 3 is 2.38 bits per heavy atom. The third-order valence-corrected chi connectivity index (χ3v) is 16.4. The number of hydrogen-bond donors (Lipinski definition) is 3. The monoisotopic (exact) mass is 710 g/mol. The smallest absolute Gasteiger partial charge is 0.309 e. The topological polar surface area (TPSA) is 126 Å². The van der Waals surface area contributed by atoms with Crippen molar-refractivity contribution in [2.75, 3.05) is 6.54 Å². The summed E-state index contributed by atoms with van der Waals surface area (Å²) in [6.07, 6.45) is 9.07. The van der Waals surface area contributed by atoms with Crippen LogP contribution in [-0.2, 0) is 25.7 Å². The summed E-state index contributed by atoms with van der Waals surface area (Å²) in [4.78, 5) is 43.1. The highest BCUT2D eigenvalue weighted by Gasteiger charge is 2.70. The molecule has 5 aliphatic rings. The number of carboxylic acid groups (broad SMARTS) is 1. The van der Waals surface area contributed by atoms with Gasteiger partial charge in [-0.1, -0.05) is 54.0 Å². The van der Waals surface area contributed by atoms with Gasteiger partial charge in [-0.2, -0.15) is 0 Å². The lowest BCUT2D eigenvalue weighted by Gasteiger charge is -2.72. The fourth-order valence-corrected chi connectivity index (χ4v) is 13.3. The van der Waals surface area contributed by atoms with Crippen LogP contribution in [-0.4, -0.2) is 51.7 Å². The van der Waals surface area contributed by atoms with Crippen molar-refractivity contribution in [2.45, 2.75) is 145 Å². The number of aliphatic hydroxyl groups is 1. The summed E-state index contributed by atoms with van der Waals surface area (Å²) in [5.74, 6) is 0.0843. The molecule has 4 fully saturated rings. The van der Waals surface area contributed by atoms with E-state index in [2.05, 4.69) is 58.8 Å². The van der Waals surface area contributed by atoms with Crippen molar-refractivity contribution in [1.29, 1.82) is 0 Å². The van der Waals surface area contributed by atoms with Crippen LogP contribution in [0.4, 0.5) is 0 Å². The Hall–Kier alpha value is -2.10. The summed E-state index contributed by atoms with van der Waals surface area (Å²) in [5, 5.41) is 28.1. The predicted molar refractivity (Wildman–Crippen MR) is 195 cm³/mol. The van der Waals surface area contributed by atoms with Gasteiger partial charge in [0.1, 0.15) is 11.1 Å². The molecule has 6 rings (SSSR count). The Kier molecular flexibility index (Phi) is 9.63. The number of ketones is 1. The van der Waals surface area contributed by atoms with Gasteiger partial charge in [0.2, 0.25) is 0 Å². The summed E-state index contributed by atoms with van der Waals surface area (Å²) in [6, 6.07) is 0. The molecule has 5 aliphatic carbocycles. The summed E-state index contributed by atoms with van der Waals surface area (Å²) >= 11 is 1.61. The number of Topliss-reactive ketones (excluding diaryl/α,β-unsaturated/α-hetero) is 1. The van der Waals surface area contributed by atoms with Crippen molar-refractivity contribution < 1.29 is 29.3 Å². The summed E-state index contributed by atoms with van der Waals surface area (Å²) in [5.41, 5.74) is 0.509. The van der Waals surface area contributed by atoms with E-state index in [0.717, 1.165) is 61.9 Å². The van der Waals surface area contributed by atoms with Crippen LogP contribution < -0.4 is 5.32 Å². The second kappa shape index (κ2) is 12.8. The highest BCUT2D eigenvalue weighted by Crippen LogP contribution is 2.77. The zero-order chi connectivity index (χ0) is 36.7. The third-order valence-electron chi connectivity index (χ3n) is 15.6. The van der Waals surface area contributed by atoms with Gasteiger partial charge in [0.15, 0.2) is 5.78 Å². The summed E-state index contributed by atoms with van der Waals surface area (Å²) in [6.45, 7) is 20.7. The van der Waals surface area contributed by atoms with Crippen molar-refractivity contribution in [3.63, 3.8) is 0 Å². The zero-order valence-corrected chi connectivity index (χ0v) is 32.8. The molecule has 0 spiro atoms. The maximum atomic E-state index is 14.0. The molecule has 0 aliphatic heterocycles. The normalized spacial score (nSPS) is 38.6. The van der Waals surface area contributed by atoms with Gasteiger partial charge in [0, 0.05) is 41.9 Å². The van der Waals surface area contributed by atoms with Gasteiger partial charge in [-0.05, 0) is 111 Å². The lowest BCUT2D eigenvalue weighted by Crippen LogP contribution is -2.66. The van der Waals surface area contributed by atoms with E-state index in [4.69, 9.17) is 4.74 Å². The van der Waals surface area contributed by atoms with Gasteiger partial charge in [-0.15, -0.1) is 11.3 Å². The van der Waals surface area contributed by atoms with Gasteiger partial charge in [0.05, 0.1) is 17.9 Å². The number of hydrogen-bond acceptors (Lipinski definition) is 8. The van der Waals surface area contributed by atoms with E-state index in [1.54, 1.807) is 25.2 Å². The summed E-state index contributed by atoms with van der Waals surface area (Å²) in [7, 11) is 0. The first-order chi connectivity index (χ1) is 23.2. The number of fused-ring (bicyclic) bond motifs is 7. The molecular formula is C41H62N2O6S. The molecular weight excluding hydrogens is 649 g/mol. The van der Waals surface area contributed by atoms with E-state index >= 15 is 0 Å². The number of aromatic nitrogens is 1. The third kappa shape index (κ3) is 5.66. The van der Waals surface area contributed by atoms with Gasteiger partial charge in [0.25, 0.3) is 0 Å². The lowest BCUT2D eigenvalue weighted by molar-refractivity contribution is -0.235. The SMILES string of the molecule is CC(C)C1=C2[C@H]3CC[C@@H]4[C@@]5(C)CC[C@H](OC(=O)CC(C)(C)C(=O)O)C(C)(C)[C@@H]5CC[C@@]4(C)[C@]3(C)CC[C@@]2([C@@H](O)CNCc2nccs2)CC1=O. The number of allylic oxidation sites excluding steroid dienone is 1. The molecule has 50 heavy (non-hydrogen) atoms. The van der Waals surface area contributed by atoms with Crippen LogP contribution in [0.2, 0.25) is 0 Å². The van der Waals surface area contributed by atoms with E-state index in [0.29, 0.717) is 31.3 Å². The number of carbonyl (C=O) groups excluding carboxylic acids is 2. The van der Waals surface area contributed by atoms with Crippen LogP contribution in [0.5, 0.6) is 0 Å². The molecule has 0 bridgehead atoms. The number of nitrogens with one attached hydrogen (secondary N) is 1. The number of esters is 1. The highest BCUT2D eigenvalue weighted by molar-refractivity contribution is 7.09. The minimum Gasteiger partial charge on any atom is -0.481 e. The van der Waals surface area contributed by atoms with Gasteiger partial charge < -0.3 is 20.3 Å². The van der Waals surface area contributed by atoms with Crippen LogP contribution in [0.25, 0.3) is 0 Å². The number of carboxylic acids is 1. The largest absolute Gasteiger partial charge is 0.481 e. The molecule has 1 aromatic rings. The lowest BCUT2D eigenvalue weighted by atomic mass is 9.33. The minimum atomic E-state index is -1.16. The number of nitrogens with zero attached hydrogens (tertiary/aromatic N) is 1. The molecule has 0 aromatic carbocycles. The van der Waals surface area contributed by atoms with Crippen molar-refractivity contribution in [1.82, 2.24) is 10.3 Å². The molecule has 8 nitrogen and oxygen atoms in total. The number of aliphatic hydroxyl groups excluding tert-OH is 1. The first kappa shape index (κ1) is 37.7. The molecule has 1 heterocycles. The molecule has 0 saturated heterocycles. The molecule has 3 N–H and O–H groups in total. The molecule has 9 heteroatoms. The first-order valence-electron chi connectivity index (χ1n) is 19.2. The molecule has 9 atom stereocenters. The maximum Gasteiger partial charge on any atom is 0.309 e. The van der Waals surface area contributed by atoms with E-state index in [1.165, 1.54) is 5.57 Å². The van der Waals surface area contributed by atoms with Crippen LogP contribution >= 0.6 is 11.3 Å². The Bertz CT molecular complexity index is 1530. The number of rotatable bonds is 10. The Morgan fingerprint density at radius 2 is 1.74 bits per heavy atom. The Labute approximate surface area is 303 Å². The van der Waals surface area contributed by atoms with Crippen molar-refractivity contribution in [3.8, 4) is 0 Å². The van der Waals surface area contributed by atoms with E-state index in [1.807, 2.05) is 11.6 Å². The molecule has 4 saturated carbocycles. The average molecular weight is 711 g/mol. The Balaban J connectivity index is 1.27. The predicted octanol–water partition coefficient (Wildman–Crippen LogP) is 7.99. The van der Waals surface area contributed by atoms with E-state index < -0.39 is 28.9 Å². The van der Waals surface area contributed by atoms with Gasteiger partial charge in [-0.25, -0.2) is 4.98 Å². The van der Waals surface area contributed by atoms with Crippen molar-refractivity contribution in [2.24, 2.45) is 56.2 Å². The zero-order valence-electron chi connectivity index (χ0n) is 32.0. The number of thiazole rings is 1. The van der Waals surface area contributed by atoms with E-state index in [-0.39, 0.29) is 51.8 Å². The van der Waals surface area contributed by atoms with Gasteiger partial charge >= 0.3 is 11.9 Å². The molecule has 278 valence electrons. The second-order valence-electron chi connectivity index (χ2n) is 19.1. The van der Waals surface area contributed by atoms with Crippen LogP contribution in [0.15, 0.2) is 22.7 Å². The molecule has 0 amide bonds. The molecule has 0 radical (unpaired) electrons. The average Bonchev–Trinajstić information content (AvgIpc) is 3.64. The number of aliphatic carboxylic acids is 1. The highest BCUT2D eigenvalue weighted by atomic mass is 32.1. The van der Waals surface area contributed by atoms with Crippen LogP contribution in [0.3, 0.4) is 0 Å². The first-order valence-corrected chi connectivity index (χ1v) is 20.1. The molecule has 1 aromatic heterocycles. The number of ether oxygens (including phenoxy) is 1.